The molecule has 0 amide bonds. The molecule has 0 radical (unpaired) electrons. The average molecular weight is 608 g/mol. The molecule has 1 aromatic heterocycles. The zero-order chi connectivity index (χ0) is 30.4. The van der Waals surface area contributed by atoms with Crippen molar-refractivity contribution in [3.8, 4) is 23.3 Å². The SMILES string of the molecule is N#CC1N(S(N)(=O)=O)CC(F)C1(F)c1ccccc1Oc1ccc2ncn(-c3ccc(N4CCNCC4)cc3)c(=O)c2c1. The van der Waals surface area contributed by atoms with Gasteiger partial charge in [-0.25, -0.2) is 18.9 Å². The van der Waals surface area contributed by atoms with Gasteiger partial charge in [-0.15, -0.1) is 0 Å². The van der Waals surface area contributed by atoms with Gasteiger partial charge in [-0.3, -0.25) is 9.36 Å². The first-order valence-corrected chi connectivity index (χ1v) is 15.0. The molecule has 3 N–H and O–H groups in total. The highest BCUT2D eigenvalue weighted by Gasteiger charge is 2.61. The van der Waals surface area contributed by atoms with Crippen LogP contribution in [0.1, 0.15) is 5.56 Å². The normalized spacial score (nSPS) is 22.9. The number of alkyl halides is 2. The van der Waals surface area contributed by atoms with Gasteiger partial charge in [0, 0.05) is 37.4 Å². The number of anilines is 1. The Morgan fingerprint density at radius 3 is 2.47 bits per heavy atom. The summed E-state index contributed by atoms with van der Waals surface area (Å²) >= 11 is 0. The van der Waals surface area contributed by atoms with E-state index in [1.54, 1.807) is 12.1 Å². The number of nitriles is 1. The number of fused-ring (bicyclic) bond motifs is 1. The van der Waals surface area contributed by atoms with Crippen LogP contribution in [0.5, 0.6) is 11.5 Å². The van der Waals surface area contributed by atoms with Crippen LogP contribution in [0.25, 0.3) is 16.6 Å². The highest BCUT2D eigenvalue weighted by atomic mass is 32.2. The first kappa shape index (κ1) is 28.7. The highest BCUT2D eigenvalue weighted by Crippen LogP contribution is 2.48. The number of benzene rings is 3. The Labute approximate surface area is 245 Å². The first-order chi connectivity index (χ1) is 20.6. The van der Waals surface area contributed by atoms with Gasteiger partial charge in [-0.1, -0.05) is 18.2 Å². The van der Waals surface area contributed by atoms with E-state index in [2.05, 4.69) is 15.2 Å². The monoisotopic (exact) mass is 607 g/mol. The van der Waals surface area contributed by atoms with Crippen molar-refractivity contribution >= 4 is 26.8 Å². The maximum atomic E-state index is 16.4. The van der Waals surface area contributed by atoms with Crippen LogP contribution in [0.3, 0.4) is 0 Å². The fourth-order valence-electron chi connectivity index (χ4n) is 5.60. The molecule has 2 fully saturated rings. The summed E-state index contributed by atoms with van der Waals surface area (Å²) in [5.74, 6) is -0.0318. The minimum Gasteiger partial charge on any atom is -0.457 e. The molecule has 3 aromatic carbocycles. The minimum atomic E-state index is -4.57. The van der Waals surface area contributed by atoms with Crippen molar-refractivity contribution in [3.05, 3.63) is 89.0 Å². The summed E-state index contributed by atoms with van der Waals surface area (Å²) in [4.78, 5) is 20.2. The number of nitrogens with zero attached hydrogens (tertiary/aromatic N) is 5. The Morgan fingerprint density at radius 1 is 1.07 bits per heavy atom. The second-order valence-corrected chi connectivity index (χ2v) is 11.8. The summed E-state index contributed by atoms with van der Waals surface area (Å²) in [7, 11) is -4.57. The number of aromatic nitrogens is 2. The molecular formula is C29H27F2N7O4S. The Balaban J connectivity index is 1.33. The molecule has 0 bridgehead atoms. The van der Waals surface area contributed by atoms with Crippen LogP contribution in [-0.2, 0) is 15.9 Å². The van der Waals surface area contributed by atoms with Crippen molar-refractivity contribution in [2.45, 2.75) is 17.9 Å². The topological polar surface area (TPSA) is 147 Å². The van der Waals surface area contributed by atoms with E-state index in [1.807, 2.05) is 24.3 Å². The molecule has 3 atom stereocenters. The van der Waals surface area contributed by atoms with Gasteiger partial charge in [0.15, 0.2) is 12.2 Å². The Bertz CT molecular complexity index is 1890. The number of ether oxygens (including phenoxy) is 1. The van der Waals surface area contributed by atoms with Crippen LogP contribution < -0.4 is 25.7 Å². The van der Waals surface area contributed by atoms with Gasteiger partial charge in [0.1, 0.15) is 17.8 Å². The molecule has 0 spiro atoms. The molecule has 14 heteroatoms. The van der Waals surface area contributed by atoms with Crippen molar-refractivity contribution in [1.29, 1.82) is 5.26 Å². The van der Waals surface area contributed by atoms with E-state index in [1.165, 1.54) is 47.3 Å². The lowest BCUT2D eigenvalue weighted by molar-refractivity contribution is 0.0710. The van der Waals surface area contributed by atoms with Crippen LogP contribution in [0, 0.1) is 11.3 Å². The molecule has 222 valence electrons. The summed E-state index contributed by atoms with van der Waals surface area (Å²) in [5, 5.41) is 18.3. The van der Waals surface area contributed by atoms with Crippen LogP contribution in [-0.4, -0.2) is 67.2 Å². The van der Waals surface area contributed by atoms with Gasteiger partial charge in [0.05, 0.1) is 29.2 Å². The van der Waals surface area contributed by atoms with E-state index in [9.17, 15) is 18.5 Å². The standard InChI is InChI=1S/C29H27F2N7O4S/c30-26-17-38(43(33,40)41)27(16-32)29(26,31)23-3-1-2-4-25(23)42-21-9-10-24-22(15-21)28(39)37(18-35-24)20-7-5-19(6-8-20)36-13-11-34-12-14-36/h1-10,15,18,26-27,34H,11-14,17H2,(H2,33,40,41). The molecule has 4 aromatic rings. The minimum absolute atomic E-state index is 0.125. The lowest BCUT2D eigenvalue weighted by atomic mass is 9.87. The van der Waals surface area contributed by atoms with Crippen LogP contribution in [0.15, 0.2) is 77.9 Å². The summed E-state index contributed by atoms with van der Waals surface area (Å²) in [6.07, 6.45) is -0.959. The Hall–Kier alpha value is -4.42. The van der Waals surface area contributed by atoms with Gasteiger partial charge in [0.2, 0.25) is 5.67 Å². The largest absolute Gasteiger partial charge is 0.457 e. The van der Waals surface area contributed by atoms with E-state index >= 15 is 8.78 Å². The zero-order valence-electron chi connectivity index (χ0n) is 22.7. The molecule has 3 unspecified atom stereocenters. The Kier molecular flexibility index (Phi) is 7.35. The molecule has 0 aliphatic carbocycles. The predicted molar refractivity (Wildman–Crippen MR) is 156 cm³/mol. The lowest BCUT2D eigenvalue weighted by Gasteiger charge is -2.29. The van der Waals surface area contributed by atoms with Gasteiger partial charge in [0.25, 0.3) is 15.8 Å². The van der Waals surface area contributed by atoms with E-state index in [-0.39, 0.29) is 28.0 Å². The fourth-order valence-corrected chi connectivity index (χ4v) is 6.43. The van der Waals surface area contributed by atoms with Crippen molar-refractivity contribution in [3.63, 3.8) is 0 Å². The molecule has 2 saturated heterocycles. The summed E-state index contributed by atoms with van der Waals surface area (Å²) in [6, 6.07) is 17.1. The number of nitrogens with two attached hydrogens (primary N) is 1. The van der Waals surface area contributed by atoms with Gasteiger partial charge in [-0.2, -0.15) is 18.0 Å². The fraction of sp³-hybridized carbons (Fsp3) is 0.276. The number of rotatable bonds is 6. The number of hydrogen-bond donors (Lipinski definition) is 2. The number of hydrogen-bond acceptors (Lipinski definition) is 8. The van der Waals surface area contributed by atoms with Crippen LogP contribution >= 0.6 is 0 Å². The number of halogens is 2. The summed E-state index contributed by atoms with van der Waals surface area (Å²) < 4.78 is 63.2. The third-order valence-corrected chi connectivity index (χ3v) is 8.81. The molecular weight excluding hydrogens is 580 g/mol. The van der Waals surface area contributed by atoms with Crippen LogP contribution in [0.2, 0.25) is 0 Å². The van der Waals surface area contributed by atoms with Crippen molar-refractivity contribution in [2.75, 3.05) is 37.6 Å². The molecule has 6 rings (SSSR count). The third kappa shape index (κ3) is 5.10. The molecule has 0 saturated carbocycles. The maximum Gasteiger partial charge on any atom is 0.278 e. The van der Waals surface area contributed by atoms with Gasteiger partial charge < -0.3 is 15.0 Å². The van der Waals surface area contributed by atoms with Crippen molar-refractivity contribution < 1.29 is 21.9 Å². The van der Waals surface area contributed by atoms with E-state index < -0.39 is 34.6 Å². The maximum absolute atomic E-state index is 16.4. The van der Waals surface area contributed by atoms with E-state index in [0.29, 0.717) is 15.5 Å². The number of nitrogens with one attached hydrogen (secondary N) is 1. The molecule has 2 aliphatic rings. The second kappa shape index (κ2) is 11.0. The van der Waals surface area contributed by atoms with E-state index in [4.69, 9.17) is 9.88 Å². The van der Waals surface area contributed by atoms with Crippen LogP contribution in [0.4, 0.5) is 14.5 Å². The first-order valence-electron chi connectivity index (χ1n) is 13.5. The summed E-state index contributed by atoms with van der Waals surface area (Å²) in [6.45, 7) is 2.65. The third-order valence-electron chi connectivity index (χ3n) is 7.80. The lowest BCUT2D eigenvalue weighted by Crippen LogP contribution is -2.45. The number of para-hydroxylation sites is 1. The Morgan fingerprint density at radius 2 is 1.77 bits per heavy atom. The number of piperazine rings is 1. The highest BCUT2D eigenvalue weighted by molar-refractivity contribution is 7.86. The van der Waals surface area contributed by atoms with Crippen molar-refractivity contribution in [1.82, 2.24) is 19.2 Å². The zero-order valence-corrected chi connectivity index (χ0v) is 23.5. The van der Waals surface area contributed by atoms with Gasteiger partial charge in [-0.05, 0) is 48.5 Å². The average Bonchev–Trinajstić information content (AvgIpc) is 3.29. The summed E-state index contributed by atoms with van der Waals surface area (Å²) in [5.41, 5.74) is -1.74. The molecule has 43 heavy (non-hydrogen) atoms. The molecule has 11 nitrogen and oxygen atoms in total. The molecule has 2 aliphatic heterocycles. The second-order valence-electron chi connectivity index (χ2n) is 10.3. The van der Waals surface area contributed by atoms with Crippen molar-refractivity contribution in [2.24, 2.45) is 5.14 Å². The quantitative estimate of drug-likeness (QED) is 0.340. The van der Waals surface area contributed by atoms with E-state index in [0.717, 1.165) is 31.9 Å². The predicted octanol–water partition coefficient (Wildman–Crippen LogP) is 2.50. The molecule has 3 heterocycles. The van der Waals surface area contributed by atoms with Gasteiger partial charge >= 0.3 is 0 Å². The smallest absolute Gasteiger partial charge is 0.278 e.